The van der Waals surface area contributed by atoms with Crippen molar-refractivity contribution in [3.05, 3.63) is 34.2 Å². The molecule has 0 aliphatic heterocycles. The average Bonchev–Trinajstić information content (AvgIpc) is 3.08. The van der Waals surface area contributed by atoms with E-state index in [-0.39, 0.29) is 23.9 Å². The molecule has 0 atom stereocenters. The van der Waals surface area contributed by atoms with Crippen molar-refractivity contribution in [2.45, 2.75) is 6.54 Å². The lowest BCUT2D eigenvalue weighted by Gasteiger charge is -2.08. The molecule has 0 bridgehead atoms. The summed E-state index contributed by atoms with van der Waals surface area (Å²) in [5, 5.41) is 20.6. The molecule has 11 nitrogen and oxygen atoms in total. The van der Waals surface area contributed by atoms with Gasteiger partial charge in [0.1, 0.15) is 18.9 Å². The fourth-order valence-corrected chi connectivity index (χ4v) is 1.56. The molecule has 0 saturated carbocycles. The molecule has 0 aliphatic carbocycles. The minimum atomic E-state index is -0.552. The number of hydrogen-bond acceptors (Lipinski definition) is 8. The number of hydrogen-bond donors (Lipinski definition) is 1. The fourth-order valence-electron chi connectivity index (χ4n) is 1.56. The van der Waals surface area contributed by atoms with Gasteiger partial charge in [-0.05, 0) is 14.1 Å². The summed E-state index contributed by atoms with van der Waals surface area (Å²) in [5.74, 6) is -0.418. The van der Waals surface area contributed by atoms with Crippen LogP contribution in [0.3, 0.4) is 0 Å². The van der Waals surface area contributed by atoms with Crippen molar-refractivity contribution in [2.75, 3.05) is 27.2 Å². The Bertz CT molecular complexity index is 663. The Kier molecular flexibility index (Phi) is 4.78. The number of likely N-dealkylation sites (N-methyl/N-ethyl adjacent to an activating group) is 1. The summed E-state index contributed by atoms with van der Waals surface area (Å²) in [6, 6.07) is 0. The number of rotatable bonds is 7. The van der Waals surface area contributed by atoms with Gasteiger partial charge in [0.25, 0.3) is 0 Å². The van der Waals surface area contributed by atoms with Gasteiger partial charge in [-0.3, -0.25) is 19.6 Å². The highest BCUT2D eigenvalue weighted by Gasteiger charge is 2.16. The van der Waals surface area contributed by atoms with Gasteiger partial charge in [0.2, 0.25) is 0 Å². The molecule has 0 aliphatic rings. The Balaban J connectivity index is 1.92. The van der Waals surface area contributed by atoms with Crippen molar-refractivity contribution >= 4 is 11.6 Å². The molecule has 1 N–H and O–H groups in total. The van der Waals surface area contributed by atoms with E-state index in [1.54, 1.807) is 0 Å². The summed E-state index contributed by atoms with van der Waals surface area (Å²) in [6.07, 6.45) is 2.36. The molecule has 1 amide bonds. The molecule has 118 valence electrons. The Labute approximate surface area is 125 Å². The Morgan fingerprint density at radius 1 is 1.55 bits per heavy atom. The standard InChI is InChI=1S/C11H15N7O4/c1-16(2)4-3-12-10(19)11-14-9(15-22-11)7-17-6-8(5-13-17)18(20)21/h5-6H,3-4,7H2,1-2H3,(H,12,19). The van der Waals surface area contributed by atoms with Crippen LogP contribution in [0.2, 0.25) is 0 Å². The van der Waals surface area contributed by atoms with Crippen molar-refractivity contribution in [1.29, 1.82) is 0 Å². The van der Waals surface area contributed by atoms with Crippen LogP contribution >= 0.6 is 0 Å². The lowest BCUT2D eigenvalue weighted by molar-refractivity contribution is -0.385. The maximum atomic E-state index is 11.7. The van der Waals surface area contributed by atoms with E-state index in [1.807, 2.05) is 19.0 Å². The van der Waals surface area contributed by atoms with Crippen molar-refractivity contribution in [1.82, 2.24) is 30.1 Å². The maximum Gasteiger partial charge on any atom is 0.316 e. The van der Waals surface area contributed by atoms with Crippen molar-refractivity contribution in [3.8, 4) is 0 Å². The van der Waals surface area contributed by atoms with Crippen LogP contribution in [0.1, 0.15) is 16.5 Å². The van der Waals surface area contributed by atoms with Crippen molar-refractivity contribution < 1.29 is 14.2 Å². The number of aromatic nitrogens is 4. The first-order valence-corrected chi connectivity index (χ1v) is 6.38. The molecule has 0 unspecified atom stereocenters. The van der Waals surface area contributed by atoms with Gasteiger partial charge in [0.05, 0.1) is 4.92 Å². The van der Waals surface area contributed by atoms with E-state index in [0.29, 0.717) is 13.1 Å². The number of amides is 1. The Morgan fingerprint density at radius 3 is 2.95 bits per heavy atom. The van der Waals surface area contributed by atoms with Gasteiger partial charge in [-0.2, -0.15) is 10.1 Å². The minimum Gasteiger partial charge on any atom is -0.347 e. The Morgan fingerprint density at radius 2 is 2.32 bits per heavy atom. The SMILES string of the molecule is CN(C)CCNC(=O)c1nc(Cn2cc([N+](=O)[O-])cn2)no1. The van der Waals surface area contributed by atoms with E-state index in [1.165, 1.54) is 10.9 Å². The summed E-state index contributed by atoms with van der Waals surface area (Å²) in [6.45, 7) is 1.21. The first-order valence-electron chi connectivity index (χ1n) is 6.38. The van der Waals surface area contributed by atoms with E-state index >= 15 is 0 Å². The fraction of sp³-hybridized carbons (Fsp3) is 0.455. The summed E-state index contributed by atoms with van der Waals surface area (Å²) in [4.78, 5) is 27.6. The quantitative estimate of drug-likeness (QED) is 0.535. The van der Waals surface area contributed by atoms with Crippen molar-refractivity contribution in [2.24, 2.45) is 0 Å². The zero-order valence-electron chi connectivity index (χ0n) is 12.1. The highest BCUT2D eigenvalue weighted by molar-refractivity contribution is 5.89. The number of nitro groups is 1. The monoisotopic (exact) mass is 309 g/mol. The summed E-state index contributed by atoms with van der Waals surface area (Å²) in [7, 11) is 3.78. The lowest BCUT2D eigenvalue weighted by Crippen LogP contribution is -2.31. The first-order chi connectivity index (χ1) is 10.5. The molecule has 2 aromatic heterocycles. The summed E-state index contributed by atoms with van der Waals surface area (Å²) < 4.78 is 6.14. The second-order valence-corrected chi connectivity index (χ2v) is 4.73. The number of nitrogens with zero attached hydrogens (tertiary/aromatic N) is 6. The van der Waals surface area contributed by atoms with Gasteiger partial charge in [-0.25, -0.2) is 0 Å². The van der Waals surface area contributed by atoms with Crippen LogP contribution in [0, 0.1) is 10.1 Å². The smallest absolute Gasteiger partial charge is 0.316 e. The van der Waals surface area contributed by atoms with E-state index in [0.717, 1.165) is 6.20 Å². The largest absolute Gasteiger partial charge is 0.347 e. The normalized spacial score (nSPS) is 10.9. The van der Waals surface area contributed by atoms with E-state index in [9.17, 15) is 14.9 Å². The predicted octanol–water partition coefficient (Wildman–Crippen LogP) is -0.486. The van der Waals surface area contributed by atoms with Gasteiger partial charge < -0.3 is 14.7 Å². The van der Waals surface area contributed by atoms with Crippen LogP contribution < -0.4 is 5.32 Å². The number of carbonyl (C=O) groups is 1. The van der Waals surface area contributed by atoms with E-state index in [2.05, 4.69) is 20.6 Å². The third-order valence-electron chi connectivity index (χ3n) is 2.64. The topological polar surface area (TPSA) is 132 Å². The second kappa shape index (κ2) is 6.76. The molecular weight excluding hydrogens is 294 g/mol. The van der Waals surface area contributed by atoms with Gasteiger partial charge in [0, 0.05) is 13.1 Å². The molecule has 0 saturated heterocycles. The van der Waals surface area contributed by atoms with Crippen LogP contribution in [0.4, 0.5) is 5.69 Å². The molecule has 0 radical (unpaired) electrons. The van der Waals surface area contributed by atoms with Gasteiger partial charge in [-0.1, -0.05) is 5.16 Å². The molecule has 0 spiro atoms. The molecular formula is C11H15N7O4. The maximum absolute atomic E-state index is 11.7. The summed E-state index contributed by atoms with van der Waals surface area (Å²) >= 11 is 0. The molecule has 2 rings (SSSR count). The molecule has 2 heterocycles. The molecule has 22 heavy (non-hydrogen) atoms. The van der Waals surface area contributed by atoms with E-state index < -0.39 is 10.8 Å². The van der Waals surface area contributed by atoms with E-state index in [4.69, 9.17) is 4.52 Å². The number of carbonyl (C=O) groups excluding carboxylic acids is 1. The van der Waals surface area contributed by atoms with Gasteiger partial charge in [0.15, 0.2) is 5.82 Å². The third kappa shape index (κ3) is 4.09. The van der Waals surface area contributed by atoms with Crippen LogP contribution in [0.5, 0.6) is 0 Å². The van der Waals surface area contributed by atoms with Crippen LogP contribution in [0.25, 0.3) is 0 Å². The molecule has 0 aromatic carbocycles. The van der Waals surface area contributed by atoms with Crippen molar-refractivity contribution in [3.63, 3.8) is 0 Å². The second-order valence-electron chi connectivity index (χ2n) is 4.73. The van der Waals surface area contributed by atoms with Crippen LogP contribution in [-0.4, -0.2) is 62.8 Å². The average molecular weight is 309 g/mol. The summed E-state index contributed by atoms with van der Waals surface area (Å²) in [5.41, 5.74) is -0.134. The lowest BCUT2D eigenvalue weighted by atomic mass is 10.5. The van der Waals surface area contributed by atoms with Gasteiger partial charge >= 0.3 is 17.5 Å². The molecule has 11 heteroatoms. The van der Waals surface area contributed by atoms with Gasteiger partial charge in [-0.15, -0.1) is 0 Å². The van der Waals surface area contributed by atoms with Crippen LogP contribution in [-0.2, 0) is 6.54 Å². The van der Waals surface area contributed by atoms with Crippen LogP contribution in [0.15, 0.2) is 16.9 Å². The third-order valence-corrected chi connectivity index (χ3v) is 2.64. The highest BCUT2D eigenvalue weighted by atomic mass is 16.6. The predicted molar refractivity (Wildman–Crippen MR) is 73.2 cm³/mol. The first kappa shape index (κ1) is 15.6. The zero-order valence-corrected chi connectivity index (χ0v) is 12.1. The highest BCUT2D eigenvalue weighted by Crippen LogP contribution is 2.09. The zero-order chi connectivity index (χ0) is 16.1. The minimum absolute atomic E-state index is 0.0717. The molecule has 0 fully saturated rings. The number of nitrogens with one attached hydrogen (secondary N) is 1. The Hall–Kier alpha value is -2.82. The molecule has 2 aromatic rings.